The van der Waals surface area contributed by atoms with Crippen LogP contribution in [-0.4, -0.2) is 9.85 Å². The standard InChI is InChI=1S/C20H16N2O6/c23-21(24)17-9-5-15(6-10-17)13-27-19-3-1-2-4-20(19)28-14-16-7-11-18(12-8-16)22(25)26/h1-12H,13-14H2. The SMILES string of the molecule is O=[N+]([O-])c1ccc(COc2ccccc2OCc2ccc([N+](=O)[O-])cc2)cc1. The number of para-hydroxylation sites is 2. The van der Waals surface area contributed by atoms with E-state index in [0.717, 1.165) is 11.1 Å². The molecule has 3 rings (SSSR count). The molecule has 0 unspecified atom stereocenters. The van der Waals surface area contributed by atoms with E-state index in [1.807, 2.05) is 12.1 Å². The van der Waals surface area contributed by atoms with Crippen LogP contribution >= 0.6 is 0 Å². The van der Waals surface area contributed by atoms with Gasteiger partial charge in [-0.15, -0.1) is 0 Å². The molecule has 0 spiro atoms. The highest BCUT2D eigenvalue weighted by molar-refractivity contribution is 5.40. The lowest BCUT2D eigenvalue weighted by Gasteiger charge is -2.13. The molecule has 28 heavy (non-hydrogen) atoms. The van der Waals surface area contributed by atoms with Crippen LogP contribution in [0.5, 0.6) is 11.5 Å². The van der Waals surface area contributed by atoms with Gasteiger partial charge in [0.25, 0.3) is 11.4 Å². The number of benzene rings is 3. The van der Waals surface area contributed by atoms with Crippen LogP contribution in [0.2, 0.25) is 0 Å². The zero-order valence-corrected chi connectivity index (χ0v) is 14.7. The van der Waals surface area contributed by atoms with Gasteiger partial charge in [0.1, 0.15) is 13.2 Å². The molecule has 0 bridgehead atoms. The van der Waals surface area contributed by atoms with Crippen LogP contribution in [0.1, 0.15) is 11.1 Å². The molecule has 142 valence electrons. The third-order valence-corrected chi connectivity index (χ3v) is 3.93. The van der Waals surface area contributed by atoms with E-state index < -0.39 is 9.85 Å². The van der Waals surface area contributed by atoms with E-state index in [1.165, 1.54) is 24.3 Å². The zero-order chi connectivity index (χ0) is 19.9. The van der Waals surface area contributed by atoms with Crippen LogP contribution in [0.3, 0.4) is 0 Å². The number of rotatable bonds is 8. The molecule has 0 aliphatic carbocycles. The molecule has 0 fully saturated rings. The average molecular weight is 380 g/mol. The second kappa shape index (κ2) is 8.63. The molecule has 8 nitrogen and oxygen atoms in total. The number of non-ortho nitro benzene ring substituents is 2. The Morgan fingerprint density at radius 2 is 0.964 bits per heavy atom. The third-order valence-electron chi connectivity index (χ3n) is 3.93. The van der Waals surface area contributed by atoms with Gasteiger partial charge in [-0.2, -0.15) is 0 Å². The van der Waals surface area contributed by atoms with Gasteiger partial charge in [0.15, 0.2) is 11.5 Å². The second-order valence-electron chi connectivity index (χ2n) is 5.87. The highest BCUT2D eigenvalue weighted by Gasteiger charge is 2.08. The van der Waals surface area contributed by atoms with Crippen molar-refractivity contribution in [2.24, 2.45) is 0 Å². The summed E-state index contributed by atoms with van der Waals surface area (Å²) in [6.45, 7) is 0.464. The summed E-state index contributed by atoms with van der Waals surface area (Å²) in [6.07, 6.45) is 0. The summed E-state index contributed by atoms with van der Waals surface area (Å²) >= 11 is 0. The summed E-state index contributed by atoms with van der Waals surface area (Å²) in [5, 5.41) is 21.4. The van der Waals surface area contributed by atoms with E-state index in [2.05, 4.69) is 0 Å². The fraction of sp³-hybridized carbons (Fsp3) is 0.100. The number of nitro groups is 2. The molecule has 8 heteroatoms. The Morgan fingerprint density at radius 1 is 0.607 bits per heavy atom. The van der Waals surface area contributed by atoms with Crippen molar-refractivity contribution < 1.29 is 19.3 Å². The van der Waals surface area contributed by atoms with Gasteiger partial charge in [-0.3, -0.25) is 20.2 Å². The van der Waals surface area contributed by atoms with E-state index in [-0.39, 0.29) is 24.6 Å². The average Bonchev–Trinajstić information content (AvgIpc) is 2.72. The molecule has 0 saturated carbocycles. The summed E-state index contributed by atoms with van der Waals surface area (Å²) in [5.41, 5.74) is 1.62. The molecule has 0 aliphatic heterocycles. The predicted octanol–water partition coefficient (Wildman–Crippen LogP) is 4.66. The molecule has 0 amide bonds. The van der Waals surface area contributed by atoms with Crippen LogP contribution in [0, 0.1) is 20.2 Å². The maximum absolute atomic E-state index is 10.7. The van der Waals surface area contributed by atoms with Gasteiger partial charge < -0.3 is 9.47 Å². The molecule has 0 aliphatic rings. The molecule has 0 atom stereocenters. The van der Waals surface area contributed by atoms with Crippen LogP contribution in [0.15, 0.2) is 72.8 Å². The Kier molecular flexibility index (Phi) is 5.81. The van der Waals surface area contributed by atoms with Crippen molar-refractivity contribution in [2.45, 2.75) is 13.2 Å². The highest BCUT2D eigenvalue weighted by Crippen LogP contribution is 2.28. The van der Waals surface area contributed by atoms with Crippen molar-refractivity contribution in [3.05, 3.63) is 104 Å². The minimum Gasteiger partial charge on any atom is -0.485 e. The Labute approximate surface area is 160 Å². The molecule has 0 saturated heterocycles. The Hall–Kier alpha value is -3.94. The molecule has 3 aromatic carbocycles. The van der Waals surface area contributed by atoms with Gasteiger partial charge in [0.05, 0.1) is 9.85 Å². The summed E-state index contributed by atoms with van der Waals surface area (Å²) < 4.78 is 11.6. The van der Waals surface area contributed by atoms with Crippen LogP contribution in [-0.2, 0) is 13.2 Å². The molecular formula is C20H16N2O6. The van der Waals surface area contributed by atoms with Gasteiger partial charge in [-0.1, -0.05) is 12.1 Å². The number of ether oxygens (including phenoxy) is 2. The minimum atomic E-state index is -0.452. The van der Waals surface area contributed by atoms with Gasteiger partial charge in [0, 0.05) is 24.3 Å². The lowest BCUT2D eigenvalue weighted by molar-refractivity contribution is -0.385. The largest absolute Gasteiger partial charge is 0.485 e. The first-order valence-corrected chi connectivity index (χ1v) is 8.34. The number of nitrogens with zero attached hydrogens (tertiary/aromatic N) is 2. The summed E-state index contributed by atoms with van der Waals surface area (Å²) in [7, 11) is 0. The quantitative estimate of drug-likeness (QED) is 0.416. The lowest BCUT2D eigenvalue weighted by atomic mass is 10.2. The van der Waals surface area contributed by atoms with E-state index in [4.69, 9.17) is 9.47 Å². The van der Waals surface area contributed by atoms with Gasteiger partial charge in [0.2, 0.25) is 0 Å². The fourth-order valence-corrected chi connectivity index (χ4v) is 2.44. The fourth-order valence-electron chi connectivity index (χ4n) is 2.44. The van der Waals surface area contributed by atoms with Crippen molar-refractivity contribution in [1.82, 2.24) is 0 Å². The van der Waals surface area contributed by atoms with Crippen molar-refractivity contribution in [3.63, 3.8) is 0 Å². The van der Waals surface area contributed by atoms with Crippen molar-refractivity contribution >= 4 is 11.4 Å². The summed E-state index contributed by atoms with van der Waals surface area (Å²) in [5.74, 6) is 1.06. The highest BCUT2D eigenvalue weighted by atomic mass is 16.6. The Balaban J connectivity index is 1.62. The zero-order valence-electron chi connectivity index (χ0n) is 14.7. The number of hydrogen-bond acceptors (Lipinski definition) is 6. The molecule has 0 heterocycles. The topological polar surface area (TPSA) is 105 Å². The Morgan fingerprint density at radius 3 is 1.29 bits per heavy atom. The first-order chi connectivity index (χ1) is 13.5. The second-order valence-corrected chi connectivity index (χ2v) is 5.87. The lowest BCUT2D eigenvalue weighted by Crippen LogP contribution is -2.01. The van der Waals surface area contributed by atoms with Crippen LogP contribution in [0.4, 0.5) is 11.4 Å². The third kappa shape index (κ3) is 4.82. The summed E-state index contributed by atoms with van der Waals surface area (Å²) in [6, 6.07) is 19.4. The monoisotopic (exact) mass is 380 g/mol. The van der Waals surface area contributed by atoms with E-state index in [1.54, 1.807) is 36.4 Å². The molecule has 0 N–H and O–H groups in total. The smallest absolute Gasteiger partial charge is 0.269 e. The normalized spacial score (nSPS) is 10.3. The number of nitro benzene ring substituents is 2. The van der Waals surface area contributed by atoms with Gasteiger partial charge in [-0.25, -0.2) is 0 Å². The van der Waals surface area contributed by atoms with Crippen molar-refractivity contribution in [2.75, 3.05) is 0 Å². The van der Waals surface area contributed by atoms with Crippen LogP contribution < -0.4 is 9.47 Å². The van der Waals surface area contributed by atoms with Crippen LogP contribution in [0.25, 0.3) is 0 Å². The molecule has 0 aromatic heterocycles. The molecule has 0 radical (unpaired) electrons. The Bertz CT molecular complexity index is 890. The summed E-state index contributed by atoms with van der Waals surface area (Å²) in [4.78, 5) is 20.5. The van der Waals surface area contributed by atoms with Crippen molar-refractivity contribution in [1.29, 1.82) is 0 Å². The minimum absolute atomic E-state index is 0.0237. The molecular weight excluding hydrogens is 364 g/mol. The first kappa shape index (κ1) is 18.8. The van der Waals surface area contributed by atoms with Gasteiger partial charge in [-0.05, 0) is 47.5 Å². The van der Waals surface area contributed by atoms with Crippen molar-refractivity contribution in [3.8, 4) is 11.5 Å². The maximum Gasteiger partial charge on any atom is 0.269 e. The van der Waals surface area contributed by atoms with Gasteiger partial charge >= 0.3 is 0 Å². The van der Waals surface area contributed by atoms with E-state index >= 15 is 0 Å². The maximum atomic E-state index is 10.7. The predicted molar refractivity (Wildman–Crippen MR) is 101 cm³/mol. The molecule has 3 aromatic rings. The number of hydrogen-bond donors (Lipinski definition) is 0. The first-order valence-electron chi connectivity index (χ1n) is 8.34. The van der Waals surface area contributed by atoms with E-state index in [9.17, 15) is 20.2 Å². The van der Waals surface area contributed by atoms with E-state index in [0.29, 0.717) is 11.5 Å².